The molecule has 110 valence electrons. The first kappa shape index (κ1) is 15.0. The molecule has 2 heterocycles. The molecule has 0 saturated heterocycles. The number of nitrogens with zero attached hydrogens (tertiary/aromatic N) is 3. The lowest BCUT2D eigenvalue weighted by Crippen LogP contribution is -2.30. The predicted octanol–water partition coefficient (Wildman–Crippen LogP) is 2.86. The molecular formula is C16H26N4. The zero-order chi connectivity index (χ0) is 14.5. The molecule has 1 N–H and O–H groups in total. The largest absolute Gasteiger partial charge is 0.365 e. The third-order valence-electron chi connectivity index (χ3n) is 3.46. The second-order valence-electron chi connectivity index (χ2n) is 5.96. The zero-order valence-electron chi connectivity index (χ0n) is 13.1. The highest BCUT2D eigenvalue weighted by Crippen LogP contribution is 2.22. The molecule has 0 aromatic carbocycles. The minimum Gasteiger partial charge on any atom is -0.365 e. The third kappa shape index (κ3) is 3.79. The van der Waals surface area contributed by atoms with Crippen LogP contribution < -0.4 is 10.2 Å². The van der Waals surface area contributed by atoms with Crippen LogP contribution in [0.2, 0.25) is 0 Å². The monoisotopic (exact) mass is 274 g/mol. The maximum Gasteiger partial charge on any atom is 0.131 e. The molecule has 4 nitrogen and oxygen atoms in total. The summed E-state index contributed by atoms with van der Waals surface area (Å²) in [5.41, 5.74) is 2.29. The molecule has 0 atom stereocenters. The fourth-order valence-electron chi connectivity index (χ4n) is 2.26. The lowest BCUT2D eigenvalue weighted by Gasteiger charge is -2.27. The molecule has 0 fully saturated rings. The topological polar surface area (TPSA) is 41.1 Å². The molecule has 0 aliphatic carbocycles. The SMILES string of the molecule is CC(C)NCc1nc(C(C)C)ncc1N1CC=CCC1. The Hall–Kier alpha value is -1.42. The smallest absolute Gasteiger partial charge is 0.131 e. The van der Waals surface area contributed by atoms with Crippen LogP contribution in [0.15, 0.2) is 18.3 Å². The van der Waals surface area contributed by atoms with Crippen LogP contribution in [0.5, 0.6) is 0 Å². The molecule has 2 rings (SSSR count). The van der Waals surface area contributed by atoms with Crippen LogP contribution in [-0.4, -0.2) is 29.1 Å². The molecule has 0 unspecified atom stereocenters. The highest BCUT2D eigenvalue weighted by Gasteiger charge is 2.16. The number of aromatic nitrogens is 2. The first-order valence-electron chi connectivity index (χ1n) is 7.57. The Morgan fingerprint density at radius 3 is 2.65 bits per heavy atom. The first-order chi connectivity index (χ1) is 9.58. The molecule has 0 spiro atoms. The van der Waals surface area contributed by atoms with Gasteiger partial charge in [-0.3, -0.25) is 0 Å². The number of nitrogens with one attached hydrogen (secondary N) is 1. The molecule has 4 heteroatoms. The van der Waals surface area contributed by atoms with Crippen molar-refractivity contribution in [1.82, 2.24) is 15.3 Å². The molecule has 20 heavy (non-hydrogen) atoms. The van der Waals surface area contributed by atoms with E-state index >= 15 is 0 Å². The van der Waals surface area contributed by atoms with Gasteiger partial charge < -0.3 is 10.2 Å². The molecule has 0 radical (unpaired) electrons. The van der Waals surface area contributed by atoms with E-state index < -0.39 is 0 Å². The fourth-order valence-corrected chi connectivity index (χ4v) is 2.26. The number of anilines is 1. The van der Waals surface area contributed by atoms with Gasteiger partial charge >= 0.3 is 0 Å². The van der Waals surface area contributed by atoms with Crippen LogP contribution in [0, 0.1) is 0 Å². The van der Waals surface area contributed by atoms with Crippen LogP contribution >= 0.6 is 0 Å². The summed E-state index contributed by atoms with van der Waals surface area (Å²) in [5, 5.41) is 3.47. The Morgan fingerprint density at radius 1 is 1.25 bits per heavy atom. The highest BCUT2D eigenvalue weighted by atomic mass is 15.2. The van der Waals surface area contributed by atoms with Gasteiger partial charge in [-0.1, -0.05) is 39.8 Å². The Kier molecular flexibility index (Phi) is 5.12. The number of rotatable bonds is 5. The maximum absolute atomic E-state index is 4.78. The quantitative estimate of drug-likeness (QED) is 0.838. The van der Waals surface area contributed by atoms with Gasteiger partial charge in [0, 0.05) is 31.6 Å². The lowest BCUT2D eigenvalue weighted by atomic mass is 10.1. The molecule has 1 aromatic heterocycles. The standard InChI is InChI=1S/C16H26N4/c1-12(2)16-18-11-15(20-8-6-5-7-9-20)14(19-16)10-17-13(3)4/h5-6,11-13,17H,7-10H2,1-4H3. The van der Waals surface area contributed by atoms with Crippen molar-refractivity contribution in [2.45, 2.75) is 52.6 Å². The molecule has 1 aromatic rings. The maximum atomic E-state index is 4.78. The van der Waals surface area contributed by atoms with E-state index in [1.807, 2.05) is 6.20 Å². The Labute approximate surface area is 122 Å². The van der Waals surface area contributed by atoms with Gasteiger partial charge in [-0.2, -0.15) is 0 Å². The van der Waals surface area contributed by atoms with Gasteiger partial charge in [0.2, 0.25) is 0 Å². The molecule has 0 bridgehead atoms. The molecule has 0 amide bonds. The Morgan fingerprint density at radius 2 is 2.05 bits per heavy atom. The van der Waals surface area contributed by atoms with E-state index in [0.29, 0.717) is 12.0 Å². The average molecular weight is 274 g/mol. The summed E-state index contributed by atoms with van der Waals surface area (Å²) in [6, 6.07) is 0.460. The number of hydrogen-bond donors (Lipinski definition) is 1. The fraction of sp³-hybridized carbons (Fsp3) is 0.625. The Bertz CT molecular complexity index is 466. The van der Waals surface area contributed by atoms with E-state index in [-0.39, 0.29) is 0 Å². The van der Waals surface area contributed by atoms with E-state index in [9.17, 15) is 0 Å². The van der Waals surface area contributed by atoms with Crippen LogP contribution in [0.4, 0.5) is 5.69 Å². The second-order valence-corrected chi connectivity index (χ2v) is 5.96. The van der Waals surface area contributed by atoms with Gasteiger partial charge in [-0.05, 0) is 6.42 Å². The van der Waals surface area contributed by atoms with Crippen molar-refractivity contribution in [3.8, 4) is 0 Å². The van der Waals surface area contributed by atoms with Crippen molar-refractivity contribution in [3.63, 3.8) is 0 Å². The van der Waals surface area contributed by atoms with Crippen molar-refractivity contribution >= 4 is 5.69 Å². The van der Waals surface area contributed by atoms with E-state index in [1.54, 1.807) is 0 Å². The summed E-state index contributed by atoms with van der Waals surface area (Å²) in [4.78, 5) is 11.7. The zero-order valence-corrected chi connectivity index (χ0v) is 13.1. The van der Waals surface area contributed by atoms with Crippen molar-refractivity contribution in [1.29, 1.82) is 0 Å². The highest BCUT2D eigenvalue weighted by molar-refractivity contribution is 5.50. The van der Waals surface area contributed by atoms with Gasteiger partial charge in [-0.25, -0.2) is 9.97 Å². The summed E-state index contributed by atoms with van der Waals surface area (Å²) in [6.45, 7) is 11.4. The van der Waals surface area contributed by atoms with Crippen molar-refractivity contribution < 1.29 is 0 Å². The average Bonchev–Trinajstić information content (AvgIpc) is 2.45. The third-order valence-corrected chi connectivity index (χ3v) is 3.46. The summed E-state index contributed by atoms with van der Waals surface area (Å²) in [7, 11) is 0. The first-order valence-corrected chi connectivity index (χ1v) is 7.57. The van der Waals surface area contributed by atoms with Crippen molar-refractivity contribution in [2.24, 2.45) is 0 Å². The van der Waals surface area contributed by atoms with E-state index in [4.69, 9.17) is 4.98 Å². The summed E-state index contributed by atoms with van der Waals surface area (Å²) >= 11 is 0. The summed E-state index contributed by atoms with van der Waals surface area (Å²) < 4.78 is 0. The van der Waals surface area contributed by atoms with E-state index in [1.165, 1.54) is 5.69 Å². The van der Waals surface area contributed by atoms with Gasteiger partial charge in [0.1, 0.15) is 5.82 Å². The van der Waals surface area contributed by atoms with E-state index in [2.05, 4.69) is 55.0 Å². The van der Waals surface area contributed by atoms with Crippen LogP contribution in [0.3, 0.4) is 0 Å². The van der Waals surface area contributed by atoms with Crippen molar-refractivity contribution in [2.75, 3.05) is 18.0 Å². The predicted molar refractivity (Wildman–Crippen MR) is 84.1 cm³/mol. The molecular weight excluding hydrogens is 248 g/mol. The van der Waals surface area contributed by atoms with Gasteiger partial charge in [-0.15, -0.1) is 0 Å². The van der Waals surface area contributed by atoms with Crippen LogP contribution in [0.1, 0.15) is 51.6 Å². The summed E-state index contributed by atoms with van der Waals surface area (Å²) in [5.74, 6) is 1.30. The Balaban J connectivity index is 2.26. The van der Waals surface area contributed by atoms with Gasteiger partial charge in [0.05, 0.1) is 17.6 Å². The van der Waals surface area contributed by atoms with Crippen LogP contribution in [-0.2, 0) is 6.54 Å². The normalized spacial score (nSPS) is 15.4. The molecule has 1 aliphatic rings. The van der Waals surface area contributed by atoms with Crippen molar-refractivity contribution in [3.05, 3.63) is 29.9 Å². The summed E-state index contributed by atoms with van der Waals surface area (Å²) in [6.07, 6.45) is 7.56. The van der Waals surface area contributed by atoms with Gasteiger partial charge in [0.25, 0.3) is 0 Å². The van der Waals surface area contributed by atoms with Gasteiger partial charge in [0.15, 0.2) is 0 Å². The second kappa shape index (κ2) is 6.84. The minimum atomic E-state index is 0.364. The molecule has 1 aliphatic heterocycles. The number of hydrogen-bond acceptors (Lipinski definition) is 4. The molecule has 0 saturated carbocycles. The lowest BCUT2D eigenvalue weighted by molar-refractivity contribution is 0.575. The van der Waals surface area contributed by atoms with Crippen LogP contribution in [0.25, 0.3) is 0 Å². The van der Waals surface area contributed by atoms with E-state index in [0.717, 1.165) is 37.6 Å². The minimum absolute atomic E-state index is 0.364.